The largest absolute Gasteiger partial charge is 0.477 e. The van der Waals surface area contributed by atoms with Crippen LogP contribution in [0.25, 0.3) is 0 Å². The number of carbonyl (C=O) groups is 2. The summed E-state index contributed by atoms with van der Waals surface area (Å²) in [5.74, 6) is -0.862. The smallest absolute Gasteiger partial charge is 0.345 e. The van der Waals surface area contributed by atoms with Gasteiger partial charge in [-0.15, -0.1) is 11.3 Å². The first-order valence-electron chi connectivity index (χ1n) is 5.92. The van der Waals surface area contributed by atoms with Gasteiger partial charge in [0.1, 0.15) is 4.88 Å². The Kier molecular flexibility index (Phi) is 6.38. The zero-order valence-corrected chi connectivity index (χ0v) is 11.0. The van der Waals surface area contributed by atoms with Crippen molar-refractivity contribution in [3.63, 3.8) is 0 Å². The number of carboxylic acid groups (broad SMARTS) is 1. The van der Waals surface area contributed by atoms with E-state index in [0.717, 1.165) is 17.7 Å². The Bertz CT molecular complexity index is 404. The zero-order chi connectivity index (χ0) is 13.4. The number of rotatable bonds is 8. The quantitative estimate of drug-likeness (QED) is 0.619. The zero-order valence-electron chi connectivity index (χ0n) is 10.1. The second kappa shape index (κ2) is 7.84. The van der Waals surface area contributed by atoms with Gasteiger partial charge in [0.25, 0.3) is 0 Å². The van der Waals surface area contributed by atoms with Crippen LogP contribution < -0.4 is 11.1 Å². The van der Waals surface area contributed by atoms with Crippen molar-refractivity contribution in [1.82, 2.24) is 5.32 Å². The molecule has 0 unspecified atom stereocenters. The third kappa shape index (κ3) is 5.29. The molecule has 0 saturated carbocycles. The van der Waals surface area contributed by atoms with Crippen LogP contribution >= 0.6 is 11.3 Å². The molecule has 0 aliphatic carbocycles. The molecule has 0 aliphatic heterocycles. The Morgan fingerprint density at radius 1 is 1.33 bits per heavy atom. The topological polar surface area (TPSA) is 92.4 Å². The summed E-state index contributed by atoms with van der Waals surface area (Å²) in [6.07, 6.45) is 2.78. The highest BCUT2D eigenvalue weighted by molar-refractivity contribution is 7.13. The van der Waals surface area contributed by atoms with Gasteiger partial charge in [0.15, 0.2) is 0 Å². The molecule has 6 heteroatoms. The van der Waals surface area contributed by atoms with Crippen molar-refractivity contribution < 1.29 is 14.7 Å². The highest BCUT2D eigenvalue weighted by atomic mass is 32.1. The Balaban J connectivity index is 2.17. The number of hydrogen-bond acceptors (Lipinski definition) is 4. The van der Waals surface area contributed by atoms with Crippen molar-refractivity contribution >= 4 is 23.2 Å². The van der Waals surface area contributed by atoms with Crippen LogP contribution in [0, 0.1) is 0 Å². The van der Waals surface area contributed by atoms with Crippen LogP contribution in [0.1, 0.15) is 33.8 Å². The number of nitrogens with two attached hydrogens (primary N) is 1. The summed E-state index contributed by atoms with van der Waals surface area (Å²) in [6, 6.07) is 3.44. The number of carbonyl (C=O) groups excluding carboxylic acids is 1. The maximum absolute atomic E-state index is 11.3. The highest BCUT2D eigenvalue weighted by Gasteiger charge is 2.06. The molecular formula is C12H18N2O3S. The Morgan fingerprint density at radius 2 is 2.11 bits per heavy atom. The van der Waals surface area contributed by atoms with E-state index < -0.39 is 5.97 Å². The molecule has 4 N–H and O–H groups in total. The standard InChI is InChI=1S/C12H18N2O3S/c13-7-1-4-11(15)14-8-2-3-9-5-6-10(18-9)12(16)17/h5-6H,1-4,7-8,13H2,(H,14,15)(H,16,17). The first-order valence-corrected chi connectivity index (χ1v) is 6.74. The van der Waals surface area contributed by atoms with Gasteiger partial charge in [0, 0.05) is 17.8 Å². The van der Waals surface area contributed by atoms with Crippen LogP contribution in [-0.4, -0.2) is 30.1 Å². The monoisotopic (exact) mass is 270 g/mol. The number of hydrogen-bond donors (Lipinski definition) is 3. The van der Waals surface area contributed by atoms with Crippen molar-refractivity contribution in [3.05, 3.63) is 21.9 Å². The Morgan fingerprint density at radius 3 is 2.72 bits per heavy atom. The van der Waals surface area contributed by atoms with E-state index in [1.807, 2.05) is 6.07 Å². The minimum Gasteiger partial charge on any atom is -0.477 e. The number of nitrogens with one attached hydrogen (secondary N) is 1. The van der Waals surface area contributed by atoms with Crippen molar-refractivity contribution in [1.29, 1.82) is 0 Å². The van der Waals surface area contributed by atoms with Crippen LogP contribution in [0.3, 0.4) is 0 Å². The molecule has 1 amide bonds. The predicted octanol–water partition coefficient (Wildman–Crippen LogP) is 1.23. The fourth-order valence-corrected chi connectivity index (χ4v) is 2.36. The van der Waals surface area contributed by atoms with E-state index in [1.54, 1.807) is 6.07 Å². The molecule has 0 radical (unpaired) electrons. The molecule has 0 aromatic carbocycles. The minimum absolute atomic E-state index is 0.0258. The van der Waals surface area contributed by atoms with Crippen LogP contribution in [0.2, 0.25) is 0 Å². The summed E-state index contributed by atoms with van der Waals surface area (Å²) >= 11 is 1.28. The first kappa shape index (κ1) is 14.7. The van der Waals surface area contributed by atoms with Crippen molar-refractivity contribution in [2.75, 3.05) is 13.1 Å². The van der Waals surface area contributed by atoms with Gasteiger partial charge in [0.05, 0.1) is 0 Å². The van der Waals surface area contributed by atoms with Gasteiger partial charge < -0.3 is 16.2 Å². The highest BCUT2D eigenvalue weighted by Crippen LogP contribution is 2.17. The summed E-state index contributed by atoms with van der Waals surface area (Å²) in [5.41, 5.74) is 5.31. The second-order valence-corrected chi connectivity index (χ2v) is 5.09. The van der Waals surface area contributed by atoms with Crippen molar-refractivity contribution in [2.24, 2.45) is 5.73 Å². The maximum atomic E-state index is 11.3. The fraction of sp³-hybridized carbons (Fsp3) is 0.500. The molecule has 18 heavy (non-hydrogen) atoms. The second-order valence-electron chi connectivity index (χ2n) is 3.92. The van der Waals surface area contributed by atoms with Crippen LogP contribution in [0.4, 0.5) is 0 Å². The summed E-state index contributed by atoms with van der Waals surface area (Å²) < 4.78 is 0. The van der Waals surface area contributed by atoms with Gasteiger partial charge >= 0.3 is 5.97 Å². The molecule has 1 aromatic rings. The van der Waals surface area contributed by atoms with Crippen molar-refractivity contribution in [3.8, 4) is 0 Å². The molecular weight excluding hydrogens is 252 g/mol. The lowest BCUT2D eigenvalue weighted by Gasteiger charge is -2.03. The molecule has 0 atom stereocenters. The third-order valence-electron chi connectivity index (χ3n) is 2.40. The maximum Gasteiger partial charge on any atom is 0.345 e. The number of carboxylic acids is 1. The molecule has 100 valence electrons. The molecule has 1 heterocycles. The van der Waals surface area contributed by atoms with Crippen LogP contribution in [0.5, 0.6) is 0 Å². The third-order valence-corrected chi connectivity index (χ3v) is 3.54. The normalized spacial score (nSPS) is 10.3. The number of amides is 1. The number of aromatic carboxylic acids is 1. The van der Waals surface area contributed by atoms with Gasteiger partial charge in [-0.25, -0.2) is 4.79 Å². The summed E-state index contributed by atoms with van der Waals surface area (Å²) in [7, 11) is 0. The summed E-state index contributed by atoms with van der Waals surface area (Å²) in [4.78, 5) is 23.3. The molecule has 0 saturated heterocycles. The van der Waals surface area contributed by atoms with Gasteiger partial charge in [0.2, 0.25) is 5.91 Å². The lowest BCUT2D eigenvalue weighted by Crippen LogP contribution is -2.25. The lowest BCUT2D eigenvalue weighted by molar-refractivity contribution is -0.121. The van der Waals surface area contributed by atoms with Gasteiger partial charge in [-0.1, -0.05) is 0 Å². The molecule has 5 nitrogen and oxygen atoms in total. The van der Waals surface area contributed by atoms with E-state index in [9.17, 15) is 9.59 Å². The average Bonchev–Trinajstić information content (AvgIpc) is 2.81. The van der Waals surface area contributed by atoms with E-state index in [2.05, 4.69) is 5.32 Å². The number of aryl methyl sites for hydroxylation is 1. The molecule has 0 spiro atoms. The number of thiophene rings is 1. The van der Waals surface area contributed by atoms with Crippen LogP contribution in [-0.2, 0) is 11.2 Å². The molecule has 1 aromatic heterocycles. The molecule has 0 bridgehead atoms. The summed E-state index contributed by atoms with van der Waals surface area (Å²) in [6.45, 7) is 1.14. The fourth-order valence-electron chi connectivity index (χ4n) is 1.47. The van der Waals surface area contributed by atoms with Gasteiger partial charge in [-0.05, 0) is 37.9 Å². The van der Waals surface area contributed by atoms with E-state index in [4.69, 9.17) is 10.8 Å². The van der Waals surface area contributed by atoms with Gasteiger partial charge in [-0.3, -0.25) is 4.79 Å². The summed E-state index contributed by atoms with van der Waals surface area (Å²) in [5, 5.41) is 11.6. The van der Waals surface area contributed by atoms with E-state index in [-0.39, 0.29) is 5.91 Å². The minimum atomic E-state index is -0.888. The predicted molar refractivity (Wildman–Crippen MR) is 70.9 cm³/mol. The molecule has 1 rings (SSSR count). The molecule has 0 fully saturated rings. The van der Waals surface area contributed by atoms with Gasteiger partial charge in [-0.2, -0.15) is 0 Å². The van der Waals surface area contributed by atoms with Crippen molar-refractivity contribution in [2.45, 2.75) is 25.7 Å². The average molecular weight is 270 g/mol. The SMILES string of the molecule is NCCCC(=O)NCCCc1ccc(C(=O)O)s1. The van der Waals surface area contributed by atoms with Crippen LogP contribution in [0.15, 0.2) is 12.1 Å². The van der Waals surface area contributed by atoms with E-state index in [1.165, 1.54) is 11.3 Å². The Hall–Kier alpha value is -1.40. The Labute approximate surface area is 110 Å². The lowest BCUT2D eigenvalue weighted by atomic mass is 10.2. The molecule has 0 aliphatic rings. The van der Waals surface area contributed by atoms with E-state index in [0.29, 0.717) is 30.8 Å². The van der Waals surface area contributed by atoms with E-state index >= 15 is 0 Å². The first-order chi connectivity index (χ1) is 8.63.